The molecule has 2 aromatic carbocycles. The fourth-order valence-corrected chi connectivity index (χ4v) is 5.40. The maximum absolute atomic E-state index is 13.2. The van der Waals surface area contributed by atoms with Crippen LogP contribution in [0.4, 0.5) is 11.4 Å². The maximum Gasteiger partial charge on any atom is 0.273 e. The summed E-state index contributed by atoms with van der Waals surface area (Å²) in [5.41, 5.74) is 6.18. The van der Waals surface area contributed by atoms with Gasteiger partial charge in [-0.1, -0.05) is 30.8 Å². The molecule has 0 aliphatic rings. The molecule has 2 heterocycles. The van der Waals surface area contributed by atoms with Gasteiger partial charge in [0.2, 0.25) is 4.90 Å². The van der Waals surface area contributed by atoms with E-state index in [1.807, 2.05) is 51.1 Å². The smallest absolute Gasteiger partial charge is 0.273 e. The quantitative estimate of drug-likeness (QED) is 0.334. The molecule has 0 bridgehead atoms. The number of ether oxygens (including phenoxy) is 1. The minimum atomic E-state index is -1.57. The van der Waals surface area contributed by atoms with E-state index in [0.29, 0.717) is 22.2 Å². The number of pyridine rings is 1. The van der Waals surface area contributed by atoms with E-state index >= 15 is 0 Å². The molecule has 1 atom stereocenters. The van der Waals surface area contributed by atoms with Crippen molar-refractivity contribution in [3.05, 3.63) is 76.9 Å². The van der Waals surface area contributed by atoms with Crippen molar-refractivity contribution in [3.63, 3.8) is 0 Å². The lowest BCUT2D eigenvalue weighted by Gasteiger charge is -2.17. The Kier molecular flexibility index (Phi) is 6.36. The van der Waals surface area contributed by atoms with Crippen molar-refractivity contribution in [2.24, 2.45) is 0 Å². The van der Waals surface area contributed by atoms with Crippen molar-refractivity contribution in [3.8, 4) is 5.88 Å². The van der Waals surface area contributed by atoms with Crippen LogP contribution in [0, 0.1) is 20.8 Å². The van der Waals surface area contributed by atoms with Crippen LogP contribution in [0.3, 0.4) is 0 Å². The Hall–Kier alpha value is -3.07. The third-order valence-corrected chi connectivity index (χ3v) is 7.04. The number of fused-ring (bicyclic) bond motifs is 1. The van der Waals surface area contributed by atoms with E-state index in [2.05, 4.69) is 32.7 Å². The first kappa shape index (κ1) is 22.1. The molecule has 8 heteroatoms. The van der Waals surface area contributed by atoms with Gasteiger partial charge in [0.25, 0.3) is 5.88 Å². The summed E-state index contributed by atoms with van der Waals surface area (Å²) in [5.74, 6) is 0.305. The highest BCUT2D eigenvalue weighted by atomic mass is 32.2. The SMILES string of the molecule is C=C(Nc1cnc(OC)c([S+]([O-])Nc2c(C)cccc2C)c1)c1ccc2nc(C)sc2c1. The zero-order chi connectivity index (χ0) is 22.8. The van der Waals surface area contributed by atoms with Crippen LogP contribution in [0.2, 0.25) is 0 Å². The molecule has 4 rings (SSSR count). The Morgan fingerprint density at radius 2 is 1.88 bits per heavy atom. The highest BCUT2D eigenvalue weighted by Gasteiger charge is 2.22. The lowest BCUT2D eigenvalue weighted by atomic mass is 10.1. The fourth-order valence-electron chi connectivity index (χ4n) is 3.38. The van der Waals surface area contributed by atoms with Gasteiger partial charge >= 0.3 is 0 Å². The van der Waals surface area contributed by atoms with E-state index < -0.39 is 11.4 Å². The Bertz CT molecular complexity index is 1280. The van der Waals surface area contributed by atoms with Crippen molar-refractivity contribution in [1.82, 2.24) is 9.97 Å². The summed E-state index contributed by atoms with van der Waals surface area (Å²) in [6.07, 6.45) is 1.64. The summed E-state index contributed by atoms with van der Waals surface area (Å²) in [4.78, 5) is 9.28. The van der Waals surface area contributed by atoms with Crippen LogP contribution in [0.25, 0.3) is 15.9 Å². The van der Waals surface area contributed by atoms with Gasteiger partial charge in [0, 0.05) is 11.8 Å². The summed E-state index contributed by atoms with van der Waals surface area (Å²) in [7, 11) is 1.51. The van der Waals surface area contributed by atoms with Crippen LogP contribution in [0.15, 0.2) is 60.1 Å². The van der Waals surface area contributed by atoms with Gasteiger partial charge in [0.15, 0.2) is 0 Å². The van der Waals surface area contributed by atoms with Gasteiger partial charge in [-0.2, -0.15) is 0 Å². The standard InChI is InChI=1S/C24H24N4O2S2/c1-14-7-6-8-15(2)23(14)28-32(29)22-12-19(13-25-24(22)30-5)26-16(3)18-9-10-20-21(11-18)31-17(4)27-20/h6-13,26,28H,3H2,1-2,4-5H3. The molecule has 0 amide bonds. The number of benzene rings is 2. The van der Waals surface area contributed by atoms with Crippen LogP contribution < -0.4 is 14.8 Å². The van der Waals surface area contributed by atoms with Crippen LogP contribution in [0.1, 0.15) is 21.7 Å². The van der Waals surface area contributed by atoms with E-state index in [-0.39, 0.29) is 0 Å². The largest absolute Gasteiger partial charge is 0.588 e. The number of thiazole rings is 1. The number of hydrogen-bond acceptors (Lipinski definition) is 7. The number of hydrogen-bond donors (Lipinski definition) is 2. The molecule has 0 aliphatic heterocycles. The predicted molar refractivity (Wildman–Crippen MR) is 134 cm³/mol. The summed E-state index contributed by atoms with van der Waals surface area (Å²) in [5, 5.41) is 4.30. The minimum absolute atomic E-state index is 0.305. The van der Waals surface area contributed by atoms with Crippen LogP contribution in [-0.2, 0) is 11.4 Å². The van der Waals surface area contributed by atoms with Gasteiger partial charge in [-0.25, -0.2) is 14.7 Å². The zero-order valence-electron chi connectivity index (χ0n) is 18.4. The molecule has 0 saturated carbocycles. The van der Waals surface area contributed by atoms with Crippen molar-refractivity contribution < 1.29 is 9.29 Å². The molecular weight excluding hydrogens is 440 g/mol. The number of methoxy groups -OCH3 is 1. The van der Waals surface area contributed by atoms with E-state index in [1.165, 1.54) is 7.11 Å². The first-order valence-corrected chi connectivity index (χ1v) is 11.9. The lowest BCUT2D eigenvalue weighted by Crippen LogP contribution is -2.16. The highest BCUT2D eigenvalue weighted by Crippen LogP contribution is 2.31. The Balaban J connectivity index is 1.58. The molecule has 6 nitrogen and oxygen atoms in total. The van der Waals surface area contributed by atoms with Crippen LogP contribution >= 0.6 is 11.3 Å². The van der Waals surface area contributed by atoms with Gasteiger partial charge in [-0.05, 0) is 49.6 Å². The van der Waals surface area contributed by atoms with Crippen molar-refractivity contribution in [2.75, 3.05) is 17.1 Å². The van der Waals surface area contributed by atoms with Crippen molar-refractivity contribution >= 4 is 50.0 Å². The number of aryl methyl sites for hydroxylation is 3. The van der Waals surface area contributed by atoms with Crippen molar-refractivity contribution in [2.45, 2.75) is 25.7 Å². The number of anilines is 2. The van der Waals surface area contributed by atoms with Gasteiger partial charge in [-0.3, -0.25) is 0 Å². The third-order valence-electron chi connectivity index (χ3n) is 5.03. The topological polar surface area (TPSA) is 82.1 Å². The second kappa shape index (κ2) is 9.20. The monoisotopic (exact) mass is 464 g/mol. The summed E-state index contributed by atoms with van der Waals surface area (Å²) in [6, 6.07) is 13.7. The molecule has 4 aromatic rings. The van der Waals surface area contributed by atoms with Crippen LogP contribution in [0.5, 0.6) is 5.88 Å². The third kappa shape index (κ3) is 4.57. The average Bonchev–Trinajstić information content (AvgIpc) is 3.15. The average molecular weight is 465 g/mol. The molecule has 0 aliphatic carbocycles. The molecule has 1 unspecified atom stereocenters. The summed E-state index contributed by atoms with van der Waals surface area (Å²) in [6.45, 7) is 10.1. The molecule has 164 valence electrons. The number of nitrogens with zero attached hydrogens (tertiary/aromatic N) is 2. The van der Waals surface area contributed by atoms with E-state index in [0.717, 1.165) is 37.6 Å². The first-order valence-electron chi connectivity index (χ1n) is 9.98. The second-order valence-electron chi connectivity index (χ2n) is 7.39. The first-order chi connectivity index (χ1) is 15.4. The van der Waals surface area contributed by atoms with Gasteiger partial charge in [-0.15, -0.1) is 11.3 Å². The number of aromatic nitrogens is 2. The number of para-hydroxylation sites is 1. The molecule has 0 saturated heterocycles. The zero-order valence-corrected chi connectivity index (χ0v) is 20.0. The molecule has 0 spiro atoms. The molecule has 0 fully saturated rings. The van der Waals surface area contributed by atoms with E-state index in [1.54, 1.807) is 23.6 Å². The molecular formula is C24H24N4O2S2. The van der Waals surface area contributed by atoms with E-state index in [4.69, 9.17) is 4.74 Å². The van der Waals surface area contributed by atoms with Crippen molar-refractivity contribution in [1.29, 1.82) is 0 Å². The van der Waals surface area contributed by atoms with Gasteiger partial charge < -0.3 is 14.6 Å². The Morgan fingerprint density at radius 3 is 2.59 bits per heavy atom. The maximum atomic E-state index is 13.2. The Morgan fingerprint density at radius 1 is 1.12 bits per heavy atom. The highest BCUT2D eigenvalue weighted by molar-refractivity contribution is 7.92. The molecule has 2 aromatic heterocycles. The number of nitrogens with one attached hydrogen (secondary N) is 2. The van der Waals surface area contributed by atoms with E-state index in [9.17, 15) is 4.55 Å². The minimum Gasteiger partial charge on any atom is -0.588 e. The van der Waals surface area contributed by atoms with Gasteiger partial charge in [0.1, 0.15) is 11.4 Å². The normalized spacial score (nSPS) is 11.9. The van der Waals surface area contributed by atoms with Crippen LogP contribution in [-0.4, -0.2) is 21.6 Å². The second-order valence-corrected chi connectivity index (χ2v) is 9.80. The molecule has 0 radical (unpaired) electrons. The number of rotatable bonds is 7. The molecule has 2 N–H and O–H groups in total. The lowest BCUT2D eigenvalue weighted by molar-refractivity contribution is 0.385. The summed E-state index contributed by atoms with van der Waals surface area (Å²) < 4.78 is 22.7. The molecule has 32 heavy (non-hydrogen) atoms. The Labute approximate surface area is 194 Å². The predicted octanol–water partition coefficient (Wildman–Crippen LogP) is 5.84. The fraction of sp³-hybridized carbons (Fsp3) is 0.167. The van der Waals surface area contributed by atoms with Gasteiger partial charge in [0.05, 0.1) is 39.9 Å². The summed E-state index contributed by atoms with van der Waals surface area (Å²) >= 11 is 0.0815.